The number of aryl methyl sites for hydroxylation is 1. The maximum absolute atomic E-state index is 4.69. The number of fused-ring (bicyclic) bond motifs is 1. The van der Waals surface area contributed by atoms with Crippen molar-refractivity contribution in [2.75, 3.05) is 18.4 Å². The number of nitrogens with zero attached hydrogens (tertiary/aromatic N) is 6. The van der Waals surface area contributed by atoms with E-state index in [0.717, 1.165) is 45.7 Å². The predicted octanol–water partition coefficient (Wildman–Crippen LogP) is 4.39. The molecule has 1 fully saturated rings. The molecule has 8 nitrogen and oxygen atoms in total. The number of aromatic nitrogens is 6. The minimum atomic E-state index is 0.742. The lowest BCUT2D eigenvalue weighted by molar-refractivity contribution is 0.238. The summed E-state index contributed by atoms with van der Waals surface area (Å²) in [5.41, 5.74) is 4.80. The molecule has 4 aromatic rings. The van der Waals surface area contributed by atoms with E-state index in [1.54, 1.807) is 6.20 Å². The van der Waals surface area contributed by atoms with Gasteiger partial charge in [0.2, 0.25) is 0 Å². The van der Waals surface area contributed by atoms with Gasteiger partial charge in [-0.1, -0.05) is 19.3 Å². The van der Waals surface area contributed by atoms with Crippen LogP contribution in [0.3, 0.4) is 0 Å². The topological polar surface area (TPSA) is 87.0 Å². The Morgan fingerprint density at radius 3 is 2.77 bits per heavy atom. The van der Waals surface area contributed by atoms with Gasteiger partial charge in [0, 0.05) is 24.5 Å². The second kappa shape index (κ2) is 8.53. The molecule has 0 aliphatic carbocycles. The van der Waals surface area contributed by atoms with Crippen LogP contribution in [0.25, 0.3) is 16.9 Å². The minimum Gasteiger partial charge on any atom is -0.328 e. The fourth-order valence-corrected chi connectivity index (χ4v) is 4.72. The van der Waals surface area contributed by atoms with Gasteiger partial charge >= 0.3 is 0 Å². The number of hydrogen-bond donors (Lipinski definition) is 2. The van der Waals surface area contributed by atoms with Gasteiger partial charge in [0.05, 0.1) is 29.5 Å². The third-order valence-corrected chi connectivity index (χ3v) is 6.28. The predicted molar refractivity (Wildman–Crippen MR) is 119 cm³/mol. The number of hydrogen-bond acceptors (Lipinski definition) is 7. The van der Waals surface area contributed by atoms with Gasteiger partial charge in [-0.2, -0.15) is 9.47 Å². The van der Waals surface area contributed by atoms with Crippen LogP contribution in [0.15, 0.2) is 30.9 Å². The van der Waals surface area contributed by atoms with E-state index in [-0.39, 0.29) is 0 Å². The average Bonchev–Trinajstić information content (AvgIpc) is 3.44. The molecule has 0 bridgehead atoms. The molecule has 4 aromatic heterocycles. The smallest absolute Gasteiger partial charge is 0.180 e. The molecule has 0 radical (unpaired) electrons. The molecule has 5 heterocycles. The maximum Gasteiger partial charge on any atom is 0.180 e. The van der Waals surface area contributed by atoms with Gasteiger partial charge in [-0.25, -0.2) is 9.97 Å². The molecular formula is C21H26N8S. The van der Waals surface area contributed by atoms with Crippen molar-refractivity contribution in [1.29, 1.82) is 0 Å². The monoisotopic (exact) mass is 422 g/mol. The number of H-pyrrole nitrogens is 1. The van der Waals surface area contributed by atoms with E-state index in [1.807, 2.05) is 25.5 Å². The number of likely N-dealkylation sites (tertiary alicyclic amines) is 1. The summed E-state index contributed by atoms with van der Waals surface area (Å²) in [6.45, 7) is 5.25. The first kappa shape index (κ1) is 19.2. The molecule has 5 rings (SSSR count). The van der Waals surface area contributed by atoms with Crippen LogP contribution >= 0.6 is 11.5 Å². The lowest BCUT2D eigenvalue weighted by Crippen LogP contribution is -2.26. The molecule has 1 aliphatic rings. The minimum absolute atomic E-state index is 0.742. The lowest BCUT2D eigenvalue weighted by Gasteiger charge is -2.23. The molecule has 156 valence electrons. The average molecular weight is 423 g/mol. The molecule has 0 saturated carbocycles. The SMILES string of the molecule is Cc1cn2c(-c3cn[nH]c3)cnc2c(Nc2cc(CN3CCCCCCC3)ns2)n1. The van der Waals surface area contributed by atoms with Crippen molar-refractivity contribution < 1.29 is 0 Å². The standard InChI is InChI=1S/C21H26N8S/c1-15-13-29-18(16-10-23-24-11-16)12-22-21(29)20(25-15)26-19-9-17(27-30-19)14-28-7-5-3-2-4-6-8-28/h9-13H,2-8,14H2,1H3,(H,23,24)(H,25,26). The van der Waals surface area contributed by atoms with Gasteiger partial charge in [0.15, 0.2) is 11.5 Å². The first-order valence-electron chi connectivity index (χ1n) is 10.5. The molecule has 0 atom stereocenters. The van der Waals surface area contributed by atoms with Gasteiger partial charge < -0.3 is 5.32 Å². The molecule has 0 aromatic carbocycles. The molecular weight excluding hydrogens is 396 g/mol. The van der Waals surface area contributed by atoms with E-state index >= 15 is 0 Å². The highest BCUT2D eigenvalue weighted by molar-refractivity contribution is 7.10. The van der Waals surface area contributed by atoms with Crippen molar-refractivity contribution in [2.24, 2.45) is 0 Å². The fraction of sp³-hybridized carbons (Fsp3) is 0.429. The Kier molecular flexibility index (Phi) is 5.46. The summed E-state index contributed by atoms with van der Waals surface area (Å²) in [6, 6.07) is 2.14. The van der Waals surface area contributed by atoms with Crippen LogP contribution in [0.2, 0.25) is 0 Å². The number of anilines is 2. The van der Waals surface area contributed by atoms with Gasteiger partial charge in [-0.05, 0) is 50.5 Å². The molecule has 30 heavy (non-hydrogen) atoms. The maximum atomic E-state index is 4.69. The summed E-state index contributed by atoms with van der Waals surface area (Å²) in [7, 11) is 0. The Balaban J connectivity index is 1.36. The summed E-state index contributed by atoms with van der Waals surface area (Å²) < 4.78 is 6.73. The van der Waals surface area contributed by atoms with E-state index < -0.39 is 0 Å². The Hall–Kier alpha value is -2.78. The van der Waals surface area contributed by atoms with Crippen molar-refractivity contribution in [2.45, 2.75) is 45.6 Å². The Labute approximate surface area is 179 Å². The first-order valence-corrected chi connectivity index (χ1v) is 11.3. The Bertz CT molecular complexity index is 1110. The van der Waals surface area contributed by atoms with Crippen molar-refractivity contribution >= 4 is 28.0 Å². The van der Waals surface area contributed by atoms with Crippen LogP contribution in [0, 0.1) is 6.92 Å². The molecule has 1 aliphatic heterocycles. The summed E-state index contributed by atoms with van der Waals surface area (Å²) in [5, 5.41) is 11.4. The molecule has 1 saturated heterocycles. The highest BCUT2D eigenvalue weighted by atomic mass is 32.1. The normalized spacial score (nSPS) is 15.9. The summed E-state index contributed by atoms with van der Waals surface area (Å²) in [5.74, 6) is 0.742. The molecule has 9 heteroatoms. The van der Waals surface area contributed by atoms with E-state index in [1.165, 1.54) is 56.7 Å². The third-order valence-electron chi connectivity index (χ3n) is 5.54. The summed E-state index contributed by atoms with van der Waals surface area (Å²) >= 11 is 1.48. The molecule has 0 spiro atoms. The van der Waals surface area contributed by atoms with E-state index in [0.29, 0.717) is 0 Å². The van der Waals surface area contributed by atoms with Gasteiger partial charge in [-0.3, -0.25) is 14.4 Å². The number of nitrogens with one attached hydrogen (secondary N) is 2. The number of imidazole rings is 1. The molecule has 2 N–H and O–H groups in total. The van der Waals surface area contributed by atoms with Crippen molar-refractivity contribution in [3.8, 4) is 11.3 Å². The van der Waals surface area contributed by atoms with E-state index in [9.17, 15) is 0 Å². The van der Waals surface area contributed by atoms with Crippen molar-refractivity contribution in [3.63, 3.8) is 0 Å². The molecule has 0 amide bonds. The second-order valence-corrected chi connectivity index (χ2v) is 8.71. The first-order chi connectivity index (χ1) is 14.8. The zero-order chi connectivity index (χ0) is 20.3. The van der Waals surface area contributed by atoms with Crippen LogP contribution in [-0.4, -0.2) is 46.9 Å². The second-order valence-electron chi connectivity index (χ2n) is 7.91. The van der Waals surface area contributed by atoms with Crippen LogP contribution in [0.4, 0.5) is 10.8 Å². The van der Waals surface area contributed by atoms with Gasteiger partial charge in [0.1, 0.15) is 5.00 Å². The summed E-state index contributed by atoms with van der Waals surface area (Å²) in [6.07, 6.45) is 14.2. The van der Waals surface area contributed by atoms with Crippen LogP contribution in [0.5, 0.6) is 0 Å². The van der Waals surface area contributed by atoms with Crippen molar-refractivity contribution in [3.05, 3.63) is 42.2 Å². The zero-order valence-electron chi connectivity index (χ0n) is 17.1. The van der Waals surface area contributed by atoms with Crippen LogP contribution in [0.1, 0.15) is 43.5 Å². The summed E-state index contributed by atoms with van der Waals surface area (Å²) in [4.78, 5) is 11.8. The fourth-order valence-electron chi connectivity index (χ4n) is 4.06. The van der Waals surface area contributed by atoms with Crippen LogP contribution in [-0.2, 0) is 6.54 Å². The Morgan fingerprint density at radius 1 is 1.13 bits per heavy atom. The number of aromatic amines is 1. The highest BCUT2D eigenvalue weighted by Gasteiger charge is 2.15. The lowest BCUT2D eigenvalue weighted by atomic mass is 10.1. The number of rotatable bonds is 5. The molecule has 0 unspecified atom stereocenters. The quantitative estimate of drug-likeness (QED) is 0.496. The van der Waals surface area contributed by atoms with Gasteiger partial charge in [-0.15, -0.1) is 0 Å². The highest BCUT2D eigenvalue weighted by Crippen LogP contribution is 2.27. The Morgan fingerprint density at radius 2 is 1.97 bits per heavy atom. The van der Waals surface area contributed by atoms with Gasteiger partial charge in [0.25, 0.3) is 0 Å². The van der Waals surface area contributed by atoms with E-state index in [2.05, 4.69) is 45.2 Å². The third kappa shape index (κ3) is 4.08. The van der Waals surface area contributed by atoms with E-state index in [4.69, 9.17) is 0 Å². The largest absolute Gasteiger partial charge is 0.328 e. The van der Waals surface area contributed by atoms with Crippen LogP contribution < -0.4 is 5.32 Å². The van der Waals surface area contributed by atoms with Crippen molar-refractivity contribution in [1.82, 2.24) is 33.8 Å². The zero-order valence-corrected chi connectivity index (χ0v) is 18.0.